The van der Waals surface area contributed by atoms with Gasteiger partial charge in [-0.3, -0.25) is 4.90 Å². The summed E-state index contributed by atoms with van der Waals surface area (Å²) in [5, 5.41) is 3.01. The van der Waals surface area contributed by atoms with E-state index in [2.05, 4.69) is 15.3 Å². The van der Waals surface area contributed by atoms with Crippen molar-refractivity contribution < 1.29 is 26.7 Å². The van der Waals surface area contributed by atoms with Crippen LogP contribution in [0.25, 0.3) is 10.9 Å². The fourth-order valence-corrected chi connectivity index (χ4v) is 3.77. The van der Waals surface area contributed by atoms with Crippen molar-refractivity contribution in [2.45, 2.75) is 25.1 Å². The van der Waals surface area contributed by atoms with Crippen molar-refractivity contribution in [3.8, 4) is 5.75 Å². The van der Waals surface area contributed by atoms with Gasteiger partial charge in [0.1, 0.15) is 35.6 Å². The molecule has 1 aliphatic heterocycles. The van der Waals surface area contributed by atoms with E-state index in [9.17, 15) is 22.0 Å². The minimum Gasteiger partial charge on any atom is -0.487 e. The molecule has 3 aromatic rings. The van der Waals surface area contributed by atoms with Crippen LogP contribution >= 0.6 is 0 Å². The lowest BCUT2D eigenvalue weighted by atomic mass is 10.1. The van der Waals surface area contributed by atoms with Crippen LogP contribution < -0.4 is 15.8 Å². The first kappa shape index (κ1) is 22.0. The van der Waals surface area contributed by atoms with E-state index in [0.29, 0.717) is 19.4 Å². The molecule has 0 amide bonds. The Kier molecular flexibility index (Phi) is 6.00. The number of nitrogens with zero attached hydrogens (tertiary/aromatic N) is 3. The Morgan fingerprint density at radius 1 is 1.16 bits per heavy atom. The first-order valence-electron chi connectivity index (χ1n) is 9.90. The molecule has 1 fully saturated rings. The number of ether oxygens (including phenoxy) is 1. The van der Waals surface area contributed by atoms with Crippen molar-refractivity contribution in [1.29, 1.82) is 0 Å². The molecule has 0 aliphatic carbocycles. The SMILES string of the molecule is Nc1cc(F)c2c(Nc3ccc(F)cc3OC3CCCN(CC(F)(F)F)C3)ncnc2c1. The molecule has 0 saturated carbocycles. The maximum atomic E-state index is 14.5. The van der Waals surface area contributed by atoms with Gasteiger partial charge in [0.05, 0.1) is 23.1 Å². The predicted molar refractivity (Wildman–Crippen MR) is 110 cm³/mol. The highest BCUT2D eigenvalue weighted by molar-refractivity contribution is 5.93. The molecule has 4 rings (SSSR count). The highest BCUT2D eigenvalue weighted by Gasteiger charge is 2.33. The monoisotopic (exact) mass is 453 g/mol. The minimum absolute atomic E-state index is 0.0554. The second-order valence-electron chi connectivity index (χ2n) is 7.62. The highest BCUT2D eigenvalue weighted by Crippen LogP contribution is 2.33. The van der Waals surface area contributed by atoms with Gasteiger partial charge in [-0.25, -0.2) is 18.7 Å². The Balaban J connectivity index is 1.59. The van der Waals surface area contributed by atoms with Gasteiger partial charge >= 0.3 is 6.18 Å². The first-order chi connectivity index (χ1) is 15.2. The third-order valence-electron chi connectivity index (χ3n) is 5.07. The van der Waals surface area contributed by atoms with E-state index in [4.69, 9.17) is 10.5 Å². The Hall–Kier alpha value is -3.21. The second-order valence-corrected chi connectivity index (χ2v) is 7.62. The maximum absolute atomic E-state index is 14.5. The van der Waals surface area contributed by atoms with Crippen LogP contribution in [0.15, 0.2) is 36.7 Å². The van der Waals surface area contributed by atoms with Crippen LogP contribution in [0.3, 0.4) is 0 Å². The molecule has 1 unspecified atom stereocenters. The standard InChI is InChI=1S/C21H20F5N5O/c22-12-3-4-16(30-20-19-15(23)7-13(27)8-17(19)28-11-29-20)18(6-12)32-14-2-1-5-31(9-14)10-21(24,25)26/h3-4,6-8,11,14H,1-2,5,9-10,27H2,(H,28,29,30). The quantitative estimate of drug-likeness (QED) is 0.433. The van der Waals surface area contributed by atoms with Gasteiger partial charge < -0.3 is 15.8 Å². The van der Waals surface area contributed by atoms with Crippen LogP contribution in [0.4, 0.5) is 39.1 Å². The zero-order chi connectivity index (χ0) is 22.9. The number of nitrogen functional groups attached to an aromatic ring is 1. The number of hydrogen-bond donors (Lipinski definition) is 2. The van der Waals surface area contributed by atoms with Crippen LogP contribution in [0.1, 0.15) is 12.8 Å². The molecule has 0 spiro atoms. The number of anilines is 3. The summed E-state index contributed by atoms with van der Waals surface area (Å²) >= 11 is 0. The van der Waals surface area contributed by atoms with Crippen molar-refractivity contribution >= 4 is 28.1 Å². The topological polar surface area (TPSA) is 76.3 Å². The third kappa shape index (κ3) is 5.16. The number of nitrogens with one attached hydrogen (secondary N) is 1. The van der Waals surface area contributed by atoms with Gasteiger partial charge in [-0.05, 0) is 43.7 Å². The molecule has 6 nitrogen and oxygen atoms in total. The first-order valence-corrected chi connectivity index (χ1v) is 9.90. The van der Waals surface area contributed by atoms with E-state index in [1.165, 1.54) is 29.4 Å². The molecule has 1 atom stereocenters. The minimum atomic E-state index is -4.31. The summed E-state index contributed by atoms with van der Waals surface area (Å²) in [7, 11) is 0. The van der Waals surface area contributed by atoms with Gasteiger partial charge in [0.15, 0.2) is 0 Å². The Labute approximate surface area is 180 Å². The number of likely N-dealkylation sites (tertiary alicyclic amines) is 1. The molecular formula is C21H20F5N5O. The van der Waals surface area contributed by atoms with Gasteiger partial charge in [0, 0.05) is 18.3 Å². The average Bonchev–Trinajstić information content (AvgIpc) is 2.68. The van der Waals surface area contributed by atoms with Crippen LogP contribution in [-0.4, -0.2) is 46.8 Å². The van der Waals surface area contributed by atoms with Crippen molar-refractivity contribution in [3.63, 3.8) is 0 Å². The molecule has 3 N–H and O–H groups in total. The summed E-state index contributed by atoms with van der Waals surface area (Å²) in [5.41, 5.74) is 6.43. The number of piperidine rings is 1. The van der Waals surface area contributed by atoms with Crippen LogP contribution in [0.5, 0.6) is 5.75 Å². The fourth-order valence-electron chi connectivity index (χ4n) is 3.77. The van der Waals surface area contributed by atoms with Crippen molar-refractivity contribution in [1.82, 2.24) is 14.9 Å². The number of rotatable bonds is 5. The van der Waals surface area contributed by atoms with Crippen LogP contribution in [-0.2, 0) is 0 Å². The Morgan fingerprint density at radius 2 is 1.97 bits per heavy atom. The number of fused-ring (bicyclic) bond motifs is 1. The fraction of sp³-hybridized carbons (Fsp3) is 0.333. The molecule has 11 heteroatoms. The van der Waals surface area contributed by atoms with E-state index in [0.717, 1.165) is 12.1 Å². The molecule has 170 valence electrons. The van der Waals surface area contributed by atoms with Crippen molar-refractivity contribution in [2.24, 2.45) is 0 Å². The summed E-state index contributed by atoms with van der Waals surface area (Å²) in [6.45, 7) is -0.667. The van der Waals surface area contributed by atoms with Gasteiger partial charge in [-0.15, -0.1) is 0 Å². The average molecular weight is 453 g/mol. The van der Waals surface area contributed by atoms with Gasteiger partial charge in [0.25, 0.3) is 0 Å². The number of nitrogens with two attached hydrogens (primary N) is 1. The maximum Gasteiger partial charge on any atom is 0.401 e. The van der Waals surface area contributed by atoms with E-state index in [1.54, 1.807) is 0 Å². The van der Waals surface area contributed by atoms with Crippen LogP contribution in [0.2, 0.25) is 0 Å². The van der Waals surface area contributed by atoms with Gasteiger partial charge in [0.2, 0.25) is 0 Å². The summed E-state index contributed by atoms with van der Waals surface area (Å²) in [6.07, 6.45) is -2.61. The van der Waals surface area contributed by atoms with Crippen molar-refractivity contribution in [3.05, 3.63) is 48.3 Å². The number of halogens is 5. The summed E-state index contributed by atoms with van der Waals surface area (Å²) < 4.78 is 72.6. The second kappa shape index (κ2) is 8.73. The largest absolute Gasteiger partial charge is 0.487 e. The third-order valence-corrected chi connectivity index (χ3v) is 5.07. The lowest BCUT2D eigenvalue weighted by Gasteiger charge is -2.33. The Morgan fingerprint density at radius 3 is 2.75 bits per heavy atom. The summed E-state index contributed by atoms with van der Waals surface area (Å²) in [5.74, 6) is -1.01. The lowest BCUT2D eigenvalue weighted by molar-refractivity contribution is -0.150. The highest BCUT2D eigenvalue weighted by atomic mass is 19.4. The molecular weight excluding hydrogens is 433 g/mol. The molecule has 1 saturated heterocycles. The Bertz CT molecular complexity index is 1120. The van der Waals surface area contributed by atoms with Crippen LogP contribution in [0, 0.1) is 11.6 Å². The number of alkyl halides is 3. The predicted octanol–water partition coefficient (Wildman–Crippen LogP) is 4.64. The van der Waals surface area contributed by atoms with E-state index in [-0.39, 0.29) is 40.4 Å². The van der Waals surface area contributed by atoms with E-state index >= 15 is 0 Å². The molecule has 0 radical (unpaired) electrons. The zero-order valence-corrected chi connectivity index (χ0v) is 16.8. The molecule has 2 aromatic carbocycles. The van der Waals surface area contributed by atoms with E-state index in [1.807, 2.05) is 0 Å². The molecule has 1 aliphatic rings. The van der Waals surface area contributed by atoms with Gasteiger partial charge in [-0.1, -0.05) is 0 Å². The molecule has 0 bridgehead atoms. The summed E-state index contributed by atoms with van der Waals surface area (Å²) in [6, 6.07) is 6.33. The zero-order valence-electron chi connectivity index (χ0n) is 16.8. The lowest BCUT2D eigenvalue weighted by Crippen LogP contribution is -2.45. The smallest absolute Gasteiger partial charge is 0.401 e. The molecule has 1 aromatic heterocycles. The normalized spacial score (nSPS) is 17.5. The van der Waals surface area contributed by atoms with Gasteiger partial charge in [-0.2, -0.15) is 13.2 Å². The number of benzene rings is 2. The van der Waals surface area contributed by atoms with E-state index < -0.39 is 30.5 Å². The number of hydrogen-bond acceptors (Lipinski definition) is 6. The molecule has 32 heavy (non-hydrogen) atoms. The number of aromatic nitrogens is 2. The molecule has 2 heterocycles. The summed E-state index contributed by atoms with van der Waals surface area (Å²) in [4.78, 5) is 9.35. The van der Waals surface area contributed by atoms with Crippen molar-refractivity contribution in [2.75, 3.05) is 30.7 Å².